The van der Waals surface area contributed by atoms with Crippen molar-refractivity contribution in [2.24, 2.45) is 5.16 Å². The van der Waals surface area contributed by atoms with Crippen LogP contribution in [0.25, 0.3) is 0 Å². The summed E-state index contributed by atoms with van der Waals surface area (Å²) >= 11 is 0. The van der Waals surface area contributed by atoms with Crippen LogP contribution in [0.1, 0.15) is 24.0 Å². The van der Waals surface area contributed by atoms with Crippen molar-refractivity contribution in [1.82, 2.24) is 0 Å². The number of hydrogen-bond acceptors (Lipinski definition) is 3. The number of nitrogen functional groups attached to an aromatic ring is 1. The Labute approximate surface area is 76.9 Å². The summed E-state index contributed by atoms with van der Waals surface area (Å²) in [7, 11) is 0. The van der Waals surface area contributed by atoms with Gasteiger partial charge in [0, 0.05) is 11.3 Å². The van der Waals surface area contributed by atoms with Crippen LogP contribution in [-0.4, -0.2) is 10.9 Å². The van der Waals surface area contributed by atoms with E-state index in [0.717, 1.165) is 36.2 Å². The van der Waals surface area contributed by atoms with E-state index in [4.69, 9.17) is 10.9 Å². The van der Waals surface area contributed by atoms with E-state index >= 15 is 0 Å². The molecule has 3 nitrogen and oxygen atoms in total. The molecule has 3 N–H and O–H groups in total. The smallest absolute Gasteiger partial charge is 0.0870 e. The van der Waals surface area contributed by atoms with E-state index in [9.17, 15) is 0 Å². The van der Waals surface area contributed by atoms with E-state index in [1.165, 1.54) is 5.56 Å². The lowest BCUT2D eigenvalue weighted by Crippen LogP contribution is -2.12. The molecule has 0 radical (unpaired) electrons. The fraction of sp³-hybridized carbons (Fsp3) is 0.300. The summed E-state index contributed by atoms with van der Waals surface area (Å²) in [4.78, 5) is 0. The van der Waals surface area contributed by atoms with Gasteiger partial charge in [0.05, 0.1) is 5.71 Å². The van der Waals surface area contributed by atoms with Gasteiger partial charge in [0.1, 0.15) is 0 Å². The van der Waals surface area contributed by atoms with Crippen molar-refractivity contribution in [3.63, 3.8) is 0 Å². The molecule has 1 aliphatic carbocycles. The zero-order valence-corrected chi connectivity index (χ0v) is 7.33. The van der Waals surface area contributed by atoms with E-state index < -0.39 is 0 Å². The Bertz CT molecular complexity index is 358. The number of rotatable bonds is 0. The topological polar surface area (TPSA) is 58.6 Å². The molecule has 0 spiro atoms. The zero-order chi connectivity index (χ0) is 9.26. The van der Waals surface area contributed by atoms with Gasteiger partial charge in [-0.25, -0.2) is 0 Å². The zero-order valence-electron chi connectivity index (χ0n) is 7.33. The van der Waals surface area contributed by atoms with Crippen LogP contribution in [0.15, 0.2) is 23.4 Å². The van der Waals surface area contributed by atoms with E-state index in [0.29, 0.717) is 0 Å². The minimum absolute atomic E-state index is 0.776. The molecule has 0 saturated heterocycles. The summed E-state index contributed by atoms with van der Waals surface area (Å²) in [5, 5.41) is 12.1. The van der Waals surface area contributed by atoms with Crippen LogP contribution in [0.2, 0.25) is 0 Å². The number of hydrogen-bond donors (Lipinski definition) is 2. The number of nitrogens with two attached hydrogens (primary N) is 1. The van der Waals surface area contributed by atoms with Crippen molar-refractivity contribution in [1.29, 1.82) is 0 Å². The van der Waals surface area contributed by atoms with Crippen molar-refractivity contribution in [2.75, 3.05) is 5.73 Å². The molecule has 0 aliphatic heterocycles. The summed E-state index contributed by atoms with van der Waals surface area (Å²) in [5.74, 6) is 0. The minimum Gasteiger partial charge on any atom is -0.411 e. The molecule has 1 aromatic rings. The molecule has 0 saturated carbocycles. The maximum absolute atomic E-state index is 8.76. The Morgan fingerprint density at radius 3 is 2.92 bits per heavy atom. The molecular formula is C10H12N2O. The number of aryl methyl sites for hydroxylation is 1. The normalized spacial score (nSPS) is 18.6. The highest BCUT2D eigenvalue weighted by Gasteiger charge is 2.15. The molecule has 0 fully saturated rings. The number of fused-ring (bicyclic) bond motifs is 1. The third-order valence-electron chi connectivity index (χ3n) is 2.42. The Morgan fingerprint density at radius 1 is 1.31 bits per heavy atom. The first-order chi connectivity index (χ1) is 6.31. The molecule has 0 heterocycles. The van der Waals surface area contributed by atoms with Crippen molar-refractivity contribution in [3.05, 3.63) is 29.3 Å². The average molecular weight is 176 g/mol. The fourth-order valence-electron chi connectivity index (χ4n) is 1.79. The van der Waals surface area contributed by atoms with Gasteiger partial charge in [-0.3, -0.25) is 0 Å². The molecule has 0 atom stereocenters. The maximum atomic E-state index is 8.76. The van der Waals surface area contributed by atoms with Crippen LogP contribution in [0, 0.1) is 0 Å². The fourth-order valence-corrected chi connectivity index (χ4v) is 1.79. The summed E-state index contributed by atoms with van der Waals surface area (Å²) in [6.45, 7) is 0. The maximum Gasteiger partial charge on any atom is 0.0870 e. The molecular weight excluding hydrogens is 164 g/mol. The lowest BCUT2D eigenvalue weighted by molar-refractivity contribution is 0.317. The van der Waals surface area contributed by atoms with Gasteiger partial charge >= 0.3 is 0 Å². The van der Waals surface area contributed by atoms with Crippen LogP contribution in [0.5, 0.6) is 0 Å². The van der Waals surface area contributed by atoms with Crippen LogP contribution >= 0.6 is 0 Å². The standard InChI is InChI=1S/C10H12N2O/c11-8-4-5-9-7(6-8)2-1-3-10(9)12-13/h4-6,13H,1-3,11H2/b12-10-. The first-order valence-electron chi connectivity index (χ1n) is 4.41. The lowest BCUT2D eigenvalue weighted by Gasteiger charge is -2.16. The van der Waals surface area contributed by atoms with Gasteiger partial charge in [-0.2, -0.15) is 0 Å². The highest BCUT2D eigenvalue weighted by Crippen LogP contribution is 2.23. The predicted molar refractivity (Wildman–Crippen MR) is 52.1 cm³/mol. The molecule has 13 heavy (non-hydrogen) atoms. The molecule has 0 aromatic heterocycles. The third kappa shape index (κ3) is 1.37. The van der Waals surface area contributed by atoms with E-state index in [1.807, 2.05) is 18.2 Å². The van der Waals surface area contributed by atoms with Crippen LogP contribution < -0.4 is 5.73 Å². The largest absolute Gasteiger partial charge is 0.411 e. The average Bonchev–Trinajstić information content (AvgIpc) is 2.16. The van der Waals surface area contributed by atoms with Gasteiger partial charge in [0.2, 0.25) is 0 Å². The number of benzene rings is 1. The monoisotopic (exact) mass is 176 g/mol. The van der Waals surface area contributed by atoms with Crippen molar-refractivity contribution in [2.45, 2.75) is 19.3 Å². The molecule has 1 aromatic carbocycles. The quantitative estimate of drug-likeness (QED) is 0.359. The Morgan fingerprint density at radius 2 is 2.15 bits per heavy atom. The van der Waals surface area contributed by atoms with Gasteiger partial charge in [-0.1, -0.05) is 11.2 Å². The molecule has 0 amide bonds. The van der Waals surface area contributed by atoms with E-state index in [1.54, 1.807) is 0 Å². The van der Waals surface area contributed by atoms with Gasteiger partial charge in [0.25, 0.3) is 0 Å². The molecule has 1 aliphatic rings. The first-order valence-corrected chi connectivity index (χ1v) is 4.41. The number of nitrogens with zero attached hydrogens (tertiary/aromatic N) is 1. The molecule has 0 unspecified atom stereocenters. The highest BCUT2D eigenvalue weighted by atomic mass is 16.4. The van der Waals surface area contributed by atoms with Gasteiger partial charge in [-0.15, -0.1) is 0 Å². The second kappa shape index (κ2) is 3.09. The highest BCUT2D eigenvalue weighted by molar-refractivity contribution is 6.02. The Hall–Kier alpha value is -1.51. The second-order valence-corrected chi connectivity index (χ2v) is 3.32. The molecule has 68 valence electrons. The molecule has 3 heteroatoms. The van der Waals surface area contributed by atoms with Crippen molar-refractivity contribution in [3.8, 4) is 0 Å². The van der Waals surface area contributed by atoms with Crippen molar-refractivity contribution < 1.29 is 5.21 Å². The lowest BCUT2D eigenvalue weighted by atomic mass is 9.90. The minimum atomic E-state index is 0.776. The number of anilines is 1. The predicted octanol–water partition coefficient (Wildman–Crippen LogP) is 1.78. The first kappa shape index (κ1) is 8.10. The summed E-state index contributed by atoms with van der Waals surface area (Å²) in [5.41, 5.74) is 9.46. The molecule has 2 rings (SSSR count). The summed E-state index contributed by atoms with van der Waals surface area (Å²) in [6, 6.07) is 5.73. The Kier molecular flexibility index (Phi) is 1.93. The number of oxime groups is 1. The third-order valence-corrected chi connectivity index (χ3v) is 2.42. The Balaban J connectivity index is 2.52. The SMILES string of the molecule is Nc1ccc2c(c1)CCC/C2=N/O. The van der Waals surface area contributed by atoms with Gasteiger partial charge in [0.15, 0.2) is 0 Å². The van der Waals surface area contributed by atoms with Crippen LogP contribution in [0.3, 0.4) is 0 Å². The van der Waals surface area contributed by atoms with Gasteiger partial charge < -0.3 is 10.9 Å². The van der Waals surface area contributed by atoms with Crippen molar-refractivity contribution >= 4 is 11.4 Å². The van der Waals surface area contributed by atoms with E-state index in [-0.39, 0.29) is 0 Å². The van der Waals surface area contributed by atoms with Gasteiger partial charge in [-0.05, 0) is 37.0 Å². The summed E-state index contributed by atoms with van der Waals surface area (Å²) < 4.78 is 0. The second-order valence-electron chi connectivity index (χ2n) is 3.32. The van der Waals surface area contributed by atoms with E-state index in [2.05, 4.69) is 5.16 Å². The summed E-state index contributed by atoms with van der Waals surface area (Å²) in [6.07, 6.45) is 2.92. The molecule has 0 bridgehead atoms. The van der Waals surface area contributed by atoms with Crippen LogP contribution in [0.4, 0.5) is 5.69 Å². The van der Waals surface area contributed by atoms with Crippen LogP contribution in [-0.2, 0) is 6.42 Å².